The van der Waals surface area contributed by atoms with E-state index in [1.54, 1.807) is 12.1 Å². The predicted octanol–water partition coefficient (Wildman–Crippen LogP) is 4.47. The predicted molar refractivity (Wildman–Crippen MR) is 87.8 cm³/mol. The molecule has 0 saturated carbocycles. The van der Waals surface area contributed by atoms with Crippen molar-refractivity contribution in [2.45, 2.75) is 19.8 Å². The third-order valence-corrected chi connectivity index (χ3v) is 4.56. The van der Waals surface area contributed by atoms with Gasteiger partial charge in [0.15, 0.2) is 11.6 Å². The molecule has 1 aromatic carbocycles. The Balaban J connectivity index is 1.67. The molecule has 2 heterocycles. The number of hydrogen-bond donors (Lipinski definition) is 0. The highest BCUT2D eigenvalue weighted by Gasteiger charge is 2.25. The Kier molecular flexibility index (Phi) is 5.41. The van der Waals surface area contributed by atoms with Crippen LogP contribution in [-0.2, 0) is 4.74 Å². The van der Waals surface area contributed by atoms with Crippen molar-refractivity contribution in [3.05, 3.63) is 48.2 Å². The maximum atomic E-state index is 14.3. The summed E-state index contributed by atoms with van der Waals surface area (Å²) in [5.74, 6) is 0.218. The minimum atomic E-state index is -0.441. The Morgan fingerprint density at radius 2 is 2.08 bits per heavy atom. The Bertz CT molecular complexity index is 676. The van der Waals surface area contributed by atoms with Gasteiger partial charge in [0.25, 0.3) is 0 Å². The molecule has 0 N–H and O–H groups in total. The van der Waals surface area contributed by atoms with Crippen molar-refractivity contribution in [2.75, 3.05) is 19.8 Å². The van der Waals surface area contributed by atoms with Crippen LogP contribution in [-0.4, -0.2) is 24.8 Å². The molecule has 1 aromatic heterocycles. The van der Waals surface area contributed by atoms with Crippen LogP contribution in [0.5, 0.6) is 5.75 Å². The Hall–Kier alpha value is -2.01. The van der Waals surface area contributed by atoms with Gasteiger partial charge in [-0.05, 0) is 42.7 Å². The van der Waals surface area contributed by atoms with Gasteiger partial charge < -0.3 is 9.47 Å². The molecule has 5 heteroatoms. The molecule has 1 fully saturated rings. The van der Waals surface area contributed by atoms with Crippen molar-refractivity contribution in [3.63, 3.8) is 0 Å². The van der Waals surface area contributed by atoms with Crippen LogP contribution in [0.2, 0.25) is 0 Å². The molecule has 3 rings (SSSR count). The molecule has 1 saturated heterocycles. The van der Waals surface area contributed by atoms with Gasteiger partial charge in [-0.3, -0.25) is 4.98 Å². The van der Waals surface area contributed by atoms with Gasteiger partial charge >= 0.3 is 0 Å². The number of hydrogen-bond acceptors (Lipinski definition) is 3. The first-order valence-corrected chi connectivity index (χ1v) is 8.29. The molecule has 2 aromatic rings. The van der Waals surface area contributed by atoms with E-state index in [2.05, 4.69) is 11.9 Å². The summed E-state index contributed by atoms with van der Waals surface area (Å²) in [5.41, 5.74) is 1.11. The lowest BCUT2D eigenvalue weighted by molar-refractivity contribution is -0.00393. The summed E-state index contributed by atoms with van der Waals surface area (Å²) in [6.07, 6.45) is 3.23. The van der Waals surface area contributed by atoms with Crippen LogP contribution in [0.25, 0.3) is 11.3 Å². The normalized spacial score (nSPS) is 20.8. The molecule has 2 atom stereocenters. The highest BCUT2D eigenvalue weighted by molar-refractivity contribution is 5.60. The van der Waals surface area contributed by atoms with Crippen LogP contribution in [0, 0.1) is 23.5 Å². The zero-order valence-electron chi connectivity index (χ0n) is 13.7. The van der Waals surface area contributed by atoms with Crippen molar-refractivity contribution >= 4 is 0 Å². The van der Waals surface area contributed by atoms with E-state index in [9.17, 15) is 8.78 Å². The SMILES string of the molecule is CCC1CCOC[C@@H]1COc1ccc(-c2ccc(F)cn2)cc1F. The first-order valence-electron chi connectivity index (χ1n) is 8.29. The molecule has 128 valence electrons. The first-order chi connectivity index (χ1) is 11.7. The number of pyridine rings is 1. The molecule has 0 spiro atoms. The number of aromatic nitrogens is 1. The molecule has 3 nitrogen and oxygen atoms in total. The molecule has 0 bridgehead atoms. The maximum Gasteiger partial charge on any atom is 0.165 e. The summed E-state index contributed by atoms with van der Waals surface area (Å²) in [7, 11) is 0. The zero-order valence-corrected chi connectivity index (χ0v) is 13.7. The molecule has 1 unspecified atom stereocenters. The Labute approximate surface area is 140 Å². The number of benzene rings is 1. The van der Waals surface area contributed by atoms with Crippen LogP contribution in [0.15, 0.2) is 36.5 Å². The standard InChI is InChI=1S/C19H21F2NO2/c1-2-13-7-8-23-11-15(13)12-24-19-6-3-14(9-17(19)21)18-5-4-16(20)10-22-18/h3-6,9-10,13,15H,2,7-8,11-12H2,1H3/t13?,15-/m1/s1. The lowest BCUT2D eigenvalue weighted by Crippen LogP contribution is -2.31. The summed E-state index contributed by atoms with van der Waals surface area (Å²) in [5, 5.41) is 0. The first kappa shape index (κ1) is 16.8. The summed E-state index contributed by atoms with van der Waals surface area (Å²) in [6, 6.07) is 7.52. The number of nitrogens with zero attached hydrogens (tertiary/aromatic N) is 1. The molecule has 24 heavy (non-hydrogen) atoms. The second kappa shape index (κ2) is 7.71. The summed E-state index contributed by atoms with van der Waals surface area (Å²) in [4.78, 5) is 3.96. The van der Waals surface area contributed by atoms with E-state index in [1.807, 2.05) is 0 Å². The topological polar surface area (TPSA) is 31.4 Å². The van der Waals surface area contributed by atoms with Crippen molar-refractivity contribution in [1.82, 2.24) is 4.98 Å². The van der Waals surface area contributed by atoms with E-state index in [0.717, 1.165) is 25.6 Å². The monoisotopic (exact) mass is 333 g/mol. The van der Waals surface area contributed by atoms with Gasteiger partial charge in [-0.1, -0.05) is 13.3 Å². The maximum absolute atomic E-state index is 14.3. The van der Waals surface area contributed by atoms with Crippen LogP contribution < -0.4 is 4.74 Å². The highest BCUT2D eigenvalue weighted by atomic mass is 19.1. The number of rotatable bonds is 5. The van der Waals surface area contributed by atoms with Gasteiger partial charge in [-0.2, -0.15) is 0 Å². The molecule has 0 amide bonds. The number of halogens is 2. The van der Waals surface area contributed by atoms with Gasteiger partial charge in [-0.15, -0.1) is 0 Å². The highest BCUT2D eigenvalue weighted by Crippen LogP contribution is 2.28. The van der Waals surface area contributed by atoms with E-state index in [0.29, 0.717) is 36.3 Å². The van der Waals surface area contributed by atoms with Crippen LogP contribution >= 0.6 is 0 Å². The van der Waals surface area contributed by atoms with E-state index in [4.69, 9.17) is 9.47 Å². The third kappa shape index (κ3) is 3.90. The Morgan fingerprint density at radius 3 is 2.79 bits per heavy atom. The second-order valence-corrected chi connectivity index (χ2v) is 6.11. The van der Waals surface area contributed by atoms with Crippen LogP contribution in [0.1, 0.15) is 19.8 Å². The van der Waals surface area contributed by atoms with Gasteiger partial charge in [0.1, 0.15) is 5.82 Å². The van der Waals surface area contributed by atoms with E-state index in [-0.39, 0.29) is 5.75 Å². The lowest BCUT2D eigenvalue weighted by atomic mass is 9.87. The van der Waals surface area contributed by atoms with Crippen molar-refractivity contribution < 1.29 is 18.3 Å². The lowest BCUT2D eigenvalue weighted by Gasteiger charge is -2.30. The third-order valence-electron chi connectivity index (χ3n) is 4.56. The second-order valence-electron chi connectivity index (χ2n) is 6.11. The molecule has 0 aliphatic carbocycles. The molecular formula is C19H21F2NO2. The minimum absolute atomic E-state index is 0.223. The van der Waals surface area contributed by atoms with Gasteiger partial charge in [0.05, 0.1) is 25.1 Å². The molecule has 0 radical (unpaired) electrons. The van der Waals surface area contributed by atoms with Gasteiger partial charge in [0.2, 0.25) is 0 Å². The van der Waals surface area contributed by atoms with Crippen molar-refractivity contribution in [2.24, 2.45) is 11.8 Å². The quantitative estimate of drug-likeness (QED) is 0.809. The zero-order chi connectivity index (χ0) is 16.9. The van der Waals surface area contributed by atoms with Gasteiger partial charge in [-0.25, -0.2) is 8.78 Å². The molecule has 1 aliphatic heterocycles. The van der Waals surface area contributed by atoms with Crippen LogP contribution in [0.4, 0.5) is 8.78 Å². The fourth-order valence-corrected chi connectivity index (χ4v) is 3.08. The van der Waals surface area contributed by atoms with Crippen molar-refractivity contribution in [1.29, 1.82) is 0 Å². The summed E-state index contributed by atoms with van der Waals surface area (Å²) >= 11 is 0. The fraction of sp³-hybridized carbons (Fsp3) is 0.421. The van der Waals surface area contributed by atoms with Crippen LogP contribution in [0.3, 0.4) is 0 Å². The van der Waals surface area contributed by atoms with Gasteiger partial charge in [0, 0.05) is 18.1 Å². The van der Waals surface area contributed by atoms with E-state index >= 15 is 0 Å². The minimum Gasteiger partial charge on any atom is -0.490 e. The Morgan fingerprint density at radius 1 is 1.21 bits per heavy atom. The number of ether oxygens (including phenoxy) is 2. The molecule has 1 aliphatic rings. The largest absolute Gasteiger partial charge is 0.490 e. The summed E-state index contributed by atoms with van der Waals surface area (Å²) in [6.45, 7) is 4.07. The van der Waals surface area contributed by atoms with E-state index in [1.165, 1.54) is 18.2 Å². The average Bonchev–Trinajstić information content (AvgIpc) is 2.61. The summed E-state index contributed by atoms with van der Waals surface area (Å²) < 4.78 is 38.4. The average molecular weight is 333 g/mol. The molecular weight excluding hydrogens is 312 g/mol. The fourth-order valence-electron chi connectivity index (χ4n) is 3.08. The van der Waals surface area contributed by atoms with Crippen molar-refractivity contribution in [3.8, 4) is 17.0 Å². The smallest absolute Gasteiger partial charge is 0.165 e. The van der Waals surface area contributed by atoms with E-state index < -0.39 is 11.6 Å².